The minimum atomic E-state index is 0.472. The van der Waals surface area contributed by atoms with Crippen LogP contribution in [0.2, 0.25) is 0 Å². The zero-order valence-corrected chi connectivity index (χ0v) is 15.7. The van der Waals surface area contributed by atoms with Crippen LogP contribution in [0.15, 0.2) is 24.4 Å². The van der Waals surface area contributed by atoms with Crippen molar-refractivity contribution in [1.82, 2.24) is 19.9 Å². The lowest BCUT2D eigenvalue weighted by atomic mass is 10.0. The highest BCUT2D eigenvalue weighted by Crippen LogP contribution is 2.31. The second kappa shape index (κ2) is 7.66. The van der Waals surface area contributed by atoms with Gasteiger partial charge in [-0.1, -0.05) is 25.1 Å². The van der Waals surface area contributed by atoms with Crippen molar-refractivity contribution in [3.63, 3.8) is 0 Å². The molecule has 6 heteroatoms. The maximum atomic E-state index is 5.70. The van der Waals surface area contributed by atoms with Crippen molar-refractivity contribution in [3.8, 4) is 11.5 Å². The van der Waals surface area contributed by atoms with Crippen molar-refractivity contribution in [2.24, 2.45) is 5.92 Å². The van der Waals surface area contributed by atoms with Gasteiger partial charge in [0, 0.05) is 25.8 Å². The van der Waals surface area contributed by atoms with E-state index >= 15 is 0 Å². The second-order valence-corrected chi connectivity index (χ2v) is 7.77. The molecule has 26 heavy (non-hydrogen) atoms. The number of aromatic nitrogens is 3. The molecule has 2 aromatic rings. The third kappa shape index (κ3) is 4.01. The normalized spacial score (nSPS) is 18.4. The molecular formula is C20H28N4O2. The van der Waals surface area contributed by atoms with Gasteiger partial charge in [-0.3, -0.25) is 4.90 Å². The van der Waals surface area contributed by atoms with E-state index in [2.05, 4.69) is 52.1 Å². The molecule has 1 aromatic heterocycles. The second-order valence-electron chi connectivity index (χ2n) is 7.77. The Bertz CT molecular complexity index is 735. The van der Waals surface area contributed by atoms with Gasteiger partial charge in [0.2, 0.25) is 0 Å². The number of likely N-dealkylation sites (tertiary alicyclic amines) is 1. The summed E-state index contributed by atoms with van der Waals surface area (Å²) >= 11 is 0. The van der Waals surface area contributed by atoms with Gasteiger partial charge in [-0.05, 0) is 42.9 Å². The molecule has 0 amide bonds. The van der Waals surface area contributed by atoms with Gasteiger partial charge in [0.05, 0.1) is 11.7 Å². The quantitative estimate of drug-likeness (QED) is 0.824. The third-order valence-electron chi connectivity index (χ3n) is 5.12. The molecule has 0 saturated carbocycles. The largest absolute Gasteiger partial charge is 0.486 e. The van der Waals surface area contributed by atoms with Crippen LogP contribution in [0.3, 0.4) is 0 Å². The van der Waals surface area contributed by atoms with Crippen LogP contribution in [0.1, 0.15) is 44.0 Å². The van der Waals surface area contributed by atoms with Crippen molar-refractivity contribution in [2.45, 2.75) is 45.7 Å². The van der Waals surface area contributed by atoms with Gasteiger partial charge in [-0.25, -0.2) is 4.68 Å². The van der Waals surface area contributed by atoms with Crippen LogP contribution < -0.4 is 9.47 Å². The zero-order valence-electron chi connectivity index (χ0n) is 15.7. The summed E-state index contributed by atoms with van der Waals surface area (Å²) in [5, 5.41) is 8.70. The molecule has 0 radical (unpaired) electrons. The monoisotopic (exact) mass is 356 g/mol. The van der Waals surface area contributed by atoms with Crippen LogP contribution in [0.25, 0.3) is 0 Å². The van der Waals surface area contributed by atoms with Crippen LogP contribution in [0.5, 0.6) is 11.5 Å². The molecule has 3 heterocycles. The van der Waals surface area contributed by atoms with Crippen LogP contribution in [0, 0.1) is 5.92 Å². The molecule has 1 aromatic carbocycles. The number of fused-ring (bicyclic) bond motifs is 1. The molecule has 0 aliphatic carbocycles. The number of hydrogen-bond donors (Lipinski definition) is 0. The van der Waals surface area contributed by atoms with Crippen molar-refractivity contribution in [3.05, 3.63) is 35.7 Å². The Morgan fingerprint density at radius 2 is 1.88 bits per heavy atom. The highest BCUT2D eigenvalue weighted by atomic mass is 16.6. The number of rotatable bonds is 5. The summed E-state index contributed by atoms with van der Waals surface area (Å²) in [6, 6.07) is 6.77. The first-order valence-corrected chi connectivity index (χ1v) is 9.69. The molecule has 0 N–H and O–H groups in total. The van der Waals surface area contributed by atoms with E-state index in [1.807, 2.05) is 6.07 Å². The Balaban J connectivity index is 1.31. The summed E-state index contributed by atoms with van der Waals surface area (Å²) in [5.74, 6) is 2.36. The van der Waals surface area contributed by atoms with Gasteiger partial charge >= 0.3 is 0 Å². The molecule has 0 spiro atoms. The van der Waals surface area contributed by atoms with Crippen molar-refractivity contribution >= 4 is 0 Å². The summed E-state index contributed by atoms with van der Waals surface area (Å²) in [7, 11) is 0. The number of benzene rings is 1. The Hall–Kier alpha value is -2.08. The van der Waals surface area contributed by atoms with E-state index < -0.39 is 0 Å². The molecule has 2 aliphatic rings. The molecule has 4 rings (SSSR count). The van der Waals surface area contributed by atoms with Gasteiger partial charge in [-0.15, -0.1) is 5.10 Å². The molecule has 0 bridgehead atoms. The molecule has 1 fully saturated rings. The first kappa shape index (κ1) is 17.3. The summed E-state index contributed by atoms with van der Waals surface area (Å²) in [4.78, 5) is 2.51. The Morgan fingerprint density at radius 1 is 1.12 bits per heavy atom. The predicted molar refractivity (Wildman–Crippen MR) is 99.5 cm³/mol. The van der Waals surface area contributed by atoms with Crippen LogP contribution in [0.4, 0.5) is 0 Å². The van der Waals surface area contributed by atoms with E-state index in [0.717, 1.165) is 56.1 Å². The smallest absolute Gasteiger partial charge is 0.161 e. The van der Waals surface area contributed by atoms with Crippen LogP contribution >= 0.6 is 0 Å². The maximum absolute atomic E-state index is 5.70. The van der Waals surface area contributed by atoms with E-state index in [-0.39, 0.29) is 0 Å². The number of piperidine rings is 1. The highest BCUT2D eigenvalue weighted by Gasteiger charge is 2.22. The van der Waals surface area contributed by atoms with E-state index in [9.17, 15) is 0 Å². The number of hydrogen-bond acceptors (Lipinski definition) is 5. The SMILES string of the molecule is CC(C)Cc1cn(C2CCN(Cc3ccc4c(c3)OCCO4)CC2)nn1. The first-order valence-electron chi connectivity index (χ1n) is 9.69. The van der Waals surface area contributed by atoms with E-state index in [4.69, 9.17) is 9.47 Å². The molecule has 0 unspecified atom stereocenters. The Morgan fingerprint density at radius 3 is 2.65 bits per heavy atom. The van der Waals surface area contributed by atoms with Crippen molar-refractivity contribution < 1.29 is 9.47 Å². The van der Waals surface area contributed by atoms with Gasteiger partial charge in [0.1, 0.15) is 13.2 Å². The molecular weight excluding hydrogens is 328 g/mol. The molecule has 6 nitrogen and oxygen atoms in total. The summed E-state index contributed by atoms with van der Waals surface area (Å²) < 4.78 is 13.4. The number of nitrogens with zero attached hydrogens (tertiary/aromatic N) is 4. The molecule has 2 aliphatic heterocycles. The molecule has 1 saturated heterocycles. The standard InChI is InChI=1S/C20H28N4O2/c1-15(2)11-17-14-24(22-21-17)18-5-7-23(8-6-18)13-16-3-4-19-20(12-16)26-10-9-25-19/h3-4,12,14-15,18H,5-11,13H2,1-2H3. The van der Waals surface area contributed by atoms with Gasteiger partial charge in [0.15, 0.2) is 11.5 Å². The van der Waals surface area contributed by atoms with E-state index in [0.29, 0.717) is 25.2 Å². The van der Waals surface area contributed by atoms with Crippen LogP contribution in [-0.2, 0) is 13.0 Å². The lowest BCUT2D eigenvalue weighted by Crippen LogP contribution is -2.34. The Kier molecular flexibility index (Phi) is 5.11. The predicted octanol–water partition coefficient (Wildman–Crippen LogP) is 3.08. The fraction of sp³-hybridized carbons (Fsp3) is 0.600. The van der Waals surface area contributed by atoms with Gasteiger partial charge < -0.3 is 9.47 Å². The Labute approximate surface area is 155 Å². The van der Waals surface area contributed by atoms with Gasteiger partial charge in [0.25, 0.3) is 0 Å². The average molecular weight is 356 g/mol. The maximum Gasteiger partial charge on any atom is 0.161 e. The first-order chi connectivity index (χ1) is 12.7. The minimum absolute atomic E-state index is 0.472. The van der Waals surface area contributed by atoms with E-state index in [1.165, 1.54) is 5.56 Å². The summed E-state index contributed by atoms with van der Waals surface area (Å²) in [6.07, 6.45) is 5.38. The fourth-order valence-electron chi connectivity index (χ4n) is 3.79. The lowest BCUT2D eigenvalue weighted by molar-refractivity contribution is 0.166. The molecule has 140 valence electrons. The van der Waals surface area contributed by atoms with E-state index in [1.54, 1.807) is 0 Å². The average Bonchev–Trinajstić information content (AvgIpc) is 3.10. The zero-order chi connectivity index (χ0) is 17.9. The van der Waals surface area contributed by atoms with Crippen LogP contribution in [-0.4, -0.2) is 46.2 Å². The van der Waals surface area contributed by atoms with Gasteiger partial charge in [-0.2, -0.15) is 0 Å². The van der Waals surface area contributed by atoms with Crippen molar-refractivity contribution in [1.29, 1.82) is 0 Å². The summed E-state index contributed by atoms with van der Waals surface area (Å²) in [5.41, 5.74) is 2.39. The third-order valence-corrected chi connectivity index (χ3v) is 5.12. The number of ether oxygens (including phenoxy) is 2. The topological polar surface area (TPSA) is 52.4 Å². The van der Waals surface area contributed by atoms with Crippen molar-refractivity contribution in [2.75, 3.05) is 26.3 Å². The molecule has 0 atom stereocenters. The highest BCUT2D eigenvalue weighted by molar-refractivity contribution is 5.43. The fourth-order valence-corrected chi connectivity index (χ4v) is 3.79. The summed E-state index contributed by atoms with van der Waals surface area (Å²) in [6.45, 7) is 8.83. The minimum Gasteiger partial charge on any atom is -0.486 e. The lowest BCUT2D eigenvalue weighted by Gasteiger charge is -2.32.